The van der Waals surface area contributed by atoms with Crippen molar-refractivity contribution < 1.29 is 0 Å². The smallest absolute Gasteiger partial charge is 0.000996 e. The predicted octanol–water partition coefficient (Wildman–Crippen LogP) is 0.533. The highest BCUT2D eigenvalue weighted by atomic mass is 15.1. The Morgan fingerprint density at radius 2 is 1.82 bits per heavy atom. The molecule has 2 N–H and O–H groups in total. The molecular formula is C9H18N2. The van der Waals surface area contributed by atoms with E-state index < -0.39 is 0 Å². The average molecular weight is 154 g/mol. The van der Waals surface area contributed by atoms with Crippen molar-refractivity contribution in [3.8, 4) is 0 Å². The molecule has 2 fully saturated rings. The van der Waals surface area contributed by atoms with Gasteiger partial charge in [-0.1, -0.05) is 0 Å². The van der Waals surface area contributed by atoms with Gasteiger partial charge in [0.05, 0.1) is 0 Å². The molecule has 2 unspecified atom stereocenters. The SMILES string of the molecule is CN1CC2CCC(C1)C2CN. The number of nitrogens with two attached hydrogens (primary N) is 1. The van der Waals surface area contributed by atoms with Gasteiger partial charge >= 0.3 is 0 Å². The molecule has 11 heavy (non-hydrogen) atoms. The molecule has 1 saturated heterocycles. The van der Waals surface area contributed by atoms with E-state index in [4.69, 9.17) is 5.73 Å². The van der Waals surface area contributed by atoms with E-state index in [0.717, 1.165) is 24.3 Å². The van der Waals surface area contributed by atoms with Crippen molar-refractivity contribution in [2.75, 3.05) is 26.7 Å². The Bertz CT molecular complexity index is 132. The van der Waals surface area contributed by atoms with Crippen molar-refractivity contribution in [1.82, 2.24) is 4.90 Å². The fraction of sp³-hybridized carbons (Fsp3) is 1.00. The predicted molar refractivity (Wildman–Crippen MR) is 46.3 cm³/mol. The van der Waals surface area contributed by atoms with Crippen molar-refractivity contribution in [3.63, 3.8) is 0 Å². The summed E-state index contributed by atoms with van der Waals surface area (Å²) in [5.74, 6) is 2.69. The average Bonchev–Trinajstić information content (AvgIpc) is 2.23. The number of rotatable bonds is 1. The zero-order valence-corrected chi connectivity index (χ0v) is 7.29. The zero-order chi connectivity index (χ0) is 7.84. The lowest BCUT2D eigenvalue weighted by Crippen LogP contribution is -2.42. The number of nitrogens with zero attached hydrogens (tertiary/aromatic N) is 1. The van der Waals surface area contributed by atoms with Gasteiger partial charge in [0.1, 0.15) is 0 Å². The van der Waals surface area contributed by atoms with E-state index in [1.807, 2.05) is 0 Å². The summed E-state index contributed by atoms with van der Waals surface area (Å²) in [5, 5.41) is 0. The van der Waals surface area contributed by atoms with Crippen LogP contribution in [-0.4, -0.2) is 31.6 Å². The Morgan fingerprint density at radius 1 is 1.27 bits per heavy atom. The van der Waals surface area contributed by atoms with E-state index in [9.17, 15) is 0 Å². The van der Waals surface area contributed by atoms with Crippen molar-refractivity contribution in [1.29, 1.82) is 0 Å². The van der Waals surface area contributed by atoms with Crippen LogP contribution in [0.1, 0.15) is 12.8 Å². The third-order valence-corrected chi connectivity index (χ3v) is 3.48. The second kappa shape index (κ2) is 2.76. The molecule has 2 atom stereocenters. The van der Waals surface area contributed by atoms with Crippen molar-refractivity contribution in [2.24, 2.45) is 23.5 Å². The minimum absolute atomic E-state index is 0.853. The van der Waals surface area contributed by atoms with Crippen LogP contribution in [0.25, 0.3) is 0 Å². The second-order valence-corrected chi connectivity index (χ2v) is 4.22. The molecule has 2 aliphatic rings. The van der Waals surface area contributed by atoms with Gasteiger partial charge in [0.15, 0.2) is 0 Å². The molecule has 2 bridgehead atoms. The Balaban J connectivity index is 2.06. The number of piperidine rings is 1. The van der Waals surface area contributed by atoms with Gasteiger partial charge in [0.25, 0.3) is 0 Å². The molecule has 0 radical (unpaired) electrons. The van der Waals surface area contributed by atoms with Gasteiger partial charge in [-0.3, -0.25) is 0 Å². The van der Waals surface area contributed by atoms with Crippen LogP contribution in [0.3, 0.4) is 0 Å². The Kier molecular flexibility index (Phi) is 1.90. The quantitative estimate of drug-likeness (QED) is 0.597. The van der Waals surface area contributed by atoms with Gasteiger partial charge in [-0.15, -0.1) is 0 Å². The molecule has 2 nitrogen and oxygen atoms in total. The summed E-state index contributed by atoms with van der Waals surface area (Å²) in [4.78, 5) is 2.47. The van der Waals surface area contributed by atoms with Gasteiger partial charge in [-0.2, -0.15) is 0 Å². The van der Waals surface area contributed by atoms with Gasteiger partial charge in [0.2, 0.25) is 0 Å². The highest BCUT2D eigenvalue weighted by molar-refractivity contribution is 4.92. The Hall–Kier alpha value is -0.0800. The van der Waals surface area contributed by atoms with Crippen molar-refractivity contribution >= 4 is 0 Å². The minimum atomic E-state index is 0.853. The summed E-state index contributed by atoms with van der Waals surface area (Å²) in [6.07, 6.45) is 2.85. The van der Waals surface area contributed by atoms with E-state index >= 15 is 0 Å². The summed E-state index contributed by atoms with van der Waals surface area (Å²) in [5.41, 5.74) is 5.75. The summed E-state index contributed by atoms with van der Waals surface area (Å²) >= 11 is 0. The maximum absolute atomic E-state index is 5.75. The minimum Gasteiger partial charge on any atom is -0.330 e. The number of hydrogen-bond acceptors (Lipinski definition) is 2. The van der Waals surface area contributed by atoms with E-state index in [0.29, 0.717) is 0 Å². The molecule has 0 spiro atoms. The van der Waals surface area contributed by atoms with Crippen LogP contribution in [0, 0.1) is 17.8 Å². The normalized spacial score (nSPS) is 44.7. The molecule has 0 aromatic rings. The van der Waals surface area contributed by atoms with E-state index in [2.05, 4.69) is 11.9 Å². The lowest BCUT2D eigenvalue weighted by molar-refractivity contribution is 0.138. The highest BCUT2D eigenvalue weighted by Gasteiger charge is 2.39. The third-order valence-electron chi connectivity index (χ3n) is 3.48. The maximum atomic E-state index is 5.75. The summed E-state index contributed by atoms with van der Waals surface area (Å²) < 4.78 is 0. The van der Waals surface area contributed by atoms with Crippen LogP contribution in [0.15, 0.2) is 0 Å². The topological polar surface area (TPSA) is 29.3 Å². The molecule has 2 heteroatoms. The summed E-state index contributed by atoms with van der Waals surface area (Å²) in [7, 11) is 2.23. The van der Waals surface area contributed by atoms with E-state index in [1.165, 1.54) is 25.9 Å². The van der Waals surface area contributed by atoms with E-state index in [-0.39, 0.29) is 0 Å². The molecule has 0 aromatic carbocycles. The summed E-state index contributed by atoms with van der Waals surface area (Å²) in [6, 6.07) is 0. The van der Waals surface area contributed by atoms with Gasteiger partial charge in [-0.25, -0.2) is 0 Å². The van der Waals surface area contributed by atoms with Crippen molar-refractivity contribution in [2.45, 2.75) is 12.8 Å². The molecular weight excluding hydrogens is 136 g/mol. The maximum Gasteiger partial charge on any atom is 0.000996 e. The number of hydrogen-bond donors (Lipinski definition) is 1. The van der Waals surface area contributed by atoms with E-state index in [1.54, 1.807) is 0 Å². The molecule has 2 rings (SSSR count). The van der Waals surface area contributed by atoms with Crippen LogP contribution in [0.5, 0.6) is 0 Å². The molecule has 1 aliphatic heterocycles. The fourth-order valence-corrected chi connectivity index (χ4v) is 2.95. The third kappa shape index (κ3) is 1.18. The Labute approximate surface area is 68.7 Å². The first kappa shape index (κ1) is 7.56. The second-order valence-electron chi connectivity index (χ2n) is 4.22. The standard InChI is InChI=1S/C9H18N2/c1-11-5-7-2-3-8(6-11)9(7)4-10/h7-9H,2-6,10H2,1H3. The lowest BCUT2D eigenvalue weighted by atomic mass is 9.85. The molecule has 1 saturated carbocycles. The van der Waals surface area contributed by atoms with Crippen LogP contribution in [-0.2, 0) is 0 Å². The number of likely N-dealkylation sites (tertiary alicyclic amines) is 1. The monoisotopic (exact) mass is 154 g/mol. The van der Waals surface area contributed by atoms with Gasteiger partial charge < -0.3 is 10.6 Å². The molecule has 0 aromatic heterocycles. The molecule has 1 aliphatic carbocycles. The number of fused-ring (bicyclic) bond motifs is 2. The van der Waals surface area contributed by atoms with Crippen LogP contribution in [0.4, 0.5) is 0 Å². The molecule has 1 heterocycles. The van der Waals surface area contributed by atoms with Crippen LogP contribution < -0.4 is 5.73 Å². The van der Waals surface area contributed by atoms with Crippen LogP contribution >= 0.6 is 0 Å². The molecule has 64 valence electrons. The van der Waals surface area contributed by atoms with Crippen LogP contribution in [0.2, 0.25) is 0 Å². The zero-order valence-electron chi connectivity index (χ0n) is 7.29. The Morgan fingerprint density at radius 3 is 2.27 bits per heavy atom. The largest absolute Gasteiger partial charge is 0.330 e. The molecule has 0 amide bonds. The van der Waals surface area contributed by atoms with Gasteiger partial charge in [-0.05, 0) is 44.2 Å². The summed E-state index contributed by atoms with van der Waals surface area (Å²) in [6.45, 7) is 3.50. The first-order valence-corrected chi connectivity index (χ1v) is 4.70. The first-order chi connectivity index (χ1) is 5.31. The highest BCUT2D eigenvalue weighted by Crippen LogP contribution is 2.40. The first-order valence-electron chi connectivity index (χ1n) is 4.70. The van der Waals surface area contributed by atoms with Gasteiger partial charge in [0, 0.05) is 13.1 Å². The fourth-order valence-electron chi connectivity index (χ4n) is 2.95. The lowest BCUT2D eigenvalue weighted by Gasteiger charge is -2.35. The van der Waals surface area contributed by atoms with Crippen molar-refractivity contribution in [3.05, 3.63) is 0 Å².